The first-order valence-corrected chi connectivity index (χ1v) is 6.95. The molecule has 1 rings (SSSR count). The molecular weight excluding hydrogens is 254 g/mol. The number of rotatable bonds is 6. The Kier molecular flexibility index (Phi) is 6.02. The zero-order valence-corrected chi connectivity index (χ0v) is 13.0. The van der Waals surface area contributed by atoms with Gasteiger partial charge in [0, 0.05) is 12.1 Å². The molecule has 0 aromatic heterocycles. The number of nitrogens with one attached hydrogen (secondary N) is 1. The van der Waals surface area contributed by atoms with Crippen LogP contribution in [0.15, 0.2) is 24.3 Å². The highest BCUT2D eigenvalue weighted by molar-refractivity contribution is 5.72. The van der Waals surface area contributed by atoms with E-state index in [-0.39, 0.29) is 18.6 Å². The molecule has 4 nitrogen and oxygen atoms in total. The standard InChI is InChI=1S/C16H25NO3/c1-12(2)19-14-9-7-6-8-13(14)10-17-11-15(18)20-16(3,4)5/h6-9,12,17H,10-11H2,1-5H3. The molecule has 1 aromatic carbocycles. The van der Waals surface area contributed by atoms with Crippen LogP contribution < -0.4 is 10.1 Å². The van der Waals surface area contributed by atoms with E-state index in [1.807, 2.05) is 58.9 Å². The normalized spacial score (nSPS) is 11.5. The van der Waals surface area contributed by atoms with E-state index in [1.54, 1.807) is 0 Å². The summed E-state index contributed by atoms with van der Waals surface area (Å²) in [4.78, 5) is 11.6. The van der Waals surface area contributed by atoms with Crippen LogP contribution in [-0.2, 0) is 16.1 Å². The molecule has 0 unspecified atom stereocenters. The van der Waals surface area contributed by atoms with Crippen LogP contribution in [0.2, 0.25) is 0 Å². The Balaban J connectivity index is 2.48. The van der Waals surface area contributed by atoms with Gasteiger partial charge in [0.2, 0.25) is 0 Å². The summed E-state index contributed by atoms with van der Waals surface area (Å²) in [5.74, 6) is 0.596. The van der Waals surface area contributed by atoms with E-state index < -0.39 is 5.60 Å². The molecule has 0 fully saturated rings. The number of hydrogen-bond acceptors (Lipinski definition) is 4. The highest BCUT2D eigenvalue weighted by Gasteiger charge is 2.15. The summed E-state index contributed by atoms with van der Waals surface area (Å²) in [6.07, 6.45) is 0.127. The Labute approximate surface area is 121 Å². The van der Waals surface area contributed by atoms with Crippen LogP contribution in [0.3, 0.4) is 0 Å². The summed E-state index contributed by atoms with van der Waals surface area (Å²) < 4.78 is 11.0. The molecule has 1 N–H and O–H groups in total. The first kappa shape index (κ1) is 16.5. The van der Waals surface area contributed by atoms with Gasteiger partial charge in [0.05, 0.1) is 12.6 Å². The fourth-order valence-corrected chi connectivity index (χ4v) is 1.70. The van der Waals surface area contributed by atoms with Crippen LogP contribution in [0.5, 0.6) is 5.75 Å². The van der Waals surface area contributed by atoms with E-state index in [4.69, 9.17) is 9.47 Å². The second kappa shape index (κ2) is 7.29. The molecule has 0 spiro atoms. The van der Waals surface area contributed by atoms with Crippen LogP contribution in [0.4, 0.5) is 0 Å². The largest absolute Gasteiger partial charge is 0.491 e. The second-order valence-electron chi connectivity index (χ2n) is 5.96. The lowest BCUT2D eigenvalue weighted by molar-refractivity contribution is -0.153. The molecule has 0 amide bonds. The van der Waals surface area contributed by atoms with Gasteiger partial charge >= 0.3 is 5.97 Å². The minimum atomic E-state index is -0.447. The third kappa shape index (κ3) is 6.57. The summed E-state index contributed by atoms with van der Waals surface area (Å²) in [6, 6.07) is 7.82. The van der Waals surface area contributed by atoms with Gasteiger partial charge in [0.1, 0.15) is 11.4 Å². The van der Waals surface area contributed by atoms with Crippen molar-refractivity contribution in [3.05, 3.63) is 29.8 Å². The average Bonchev–Trinajstić information content (AvgIpc) is 2.28. The Morgan fingerprint density at radius 1 is 1.25 bits per heavy atom. The number of para-hydroxylation sites is 1. The summed E-state index contributed by atoms with van der Waals surface area (Å²) in [5, 5.41) is 3.08. The molecule has 0 atom stereocenters. The van der Waals surface area contributed by atoms with Gasteiger partial charge in [0.25, 0.3) is 0 Å². The van der Waals surface area contributed by atoms with E-state index in [0.717, 1.165) is 11.3 Å². The molecule has 1 aromatic rings. The number of esters is 1. The van der Waals surface area contributed by atoms with E-state index in [2.05, 4.69) is 5.32 Å². The molecule has 0 bridgehead atoms. The van der Waals surface area contributed by atoms with E-state index in [0.29, 0.717) is 6.54 Å². The lowest BCUT2D eigenvalue weighted by atomic mass is 10.2. The van der Waals surface area contributed by atoms with Crippen molar-refractivity contribution >= 4 is 5.97 Å². The highest BCUT2D eigenvalue weighted by atomic mass is 16.6. The lowest BCUT2D eigenvalue weighted by Gasteiger charge is -2.20. The van der Waals surface area contributed by atoms with Crippen LogP contribution in [0, 0.1) is 0 Å². The third-order valence-electron chi connectivity index (χ3n) is 2.34. The van der Waals surface area contributed by atoms with Gasteiger partial charge in [-0.2, -0.15) is 0 Å². The molecule has 0 saturated carbocycles. The minimum Gasteiger partial charge on any atom is -0.491 e. The molecule has 20 heavy (non-hydrogen) atoms. The number of carbonyl (C=O) groups is 1. The molecular formula is C16H25NO3. The van der Waals surface area contributed by atoms with Crippen molar-refractivity contribution in [2.24, 2.45) is 0 Å². The number of benzene rings is 1. The van der Waals surface area contributed by atoms with Gasteiger partial charge in [-0.05, 0) is 40.7 Å². The van der Waals surface area contributed by atoms with Crippen molar-refractivity contribution in [3.8, 4) is 5.75 Å². The highest BCUT2D eigenvalue weighted by Crippen LogP contribution is 2.19. The van der Waals surface area contributed by atoms with Gasteiger partial charge in [-0.15, -0.1) is 0 Å². The zero-order chi connectivity index (χ0) is 15.2. The fraction of sp³-hybridized carbons (Fsp3) is 0.562. The molecule has 4 heteroatoms. The maximum absolute atomic E-state index is 11.6. The first-order chi connectivity index (χ1) is 9.28. The molecule has 0 aliphatic carbocycles. The van der Waals surface area contributed by atoms with Gasteiger partial charge in [-0.1, -0.05) is 18.2 Å². The number of ether oxygens (including phenoxy) is 2. The van der Waals surface area contributed by atoms with Gasteiger partial charge < -0.3 is 14.8 Å². The molecule has 112 valence electrons. The Morgan fingerprint density at radius 2 is 1.90 bits per heavy atom. The maximum Gasteiger partial charge on any atom is 0.320 e. The van der Waals surface area contributed by atoms with E-state index in [9.17, 15) is 4.79 Å². The molecule has 0 aliphatic heterocycles. The van der Waals surface area contributed by atoms with Crippen LogP contribution in [0.25, 0.3) is 0 Å². The monoisotopic (exact) mass is 279 g/mol. The fourth-order valence-electron chi connectivity index (χ4n) is 1.70. The van der Waals surface area contributed by atoms with Crippen molar-refractivity contribution in [1.29, 1.82) is 0 Å². The predicted molar refractivity (Wildman–Crippen MR) is 79.8 cm³/mol. The van der Waals surface area contributed by atoms with Crippen LogP contribution in [-0.4, -0.2) is 24.2 Å². The smallest absolute Gasteiger partial charge is 0.320 e. The first-order valence-electron chi connectivity index (χ1n) is 6.95. The van der Waals surface area contributed by atoms with Crippen molar-refractivity contribution in [2.75, 3.05) is 6.54 Å². The molecule has 0 saturated heterocycles. The summed E-state index contributed by atoms with van der Waals surface area (Å²) in [7, 11) is 0. The van der Waals surface area contributed by atoms with Gasteiger partial charge in [-0.25, -0.2) is 0 Å². The third-order valence-corrected chi connectivity index (χ3v) is 2.34. The molecule has 0 aliphatic rings. The van der Waals surface area contributed by atoms with Crippen LogP contribution >= 0.6 is 0 Å². The Morgan fingerprint density at radius 3 is 2.50 bits per heavy atom. The van der Waals surface area contributed by atoms with Crippen molar-refractivity contribution in [3.63, 3.8) is 0 Å². The average molecular weight is 279 g/mol. The molecule has 0 heterocycles. The van der Waals surface area contributed by atoms with Crippen LogP contribution in [0.1, 0.15) is 40.2 Å². The minimum absolute atomic E-state index is 0.127. The Bertz CT molecular complexity index is 436. The topological polar surface area (TPSA) is 47.6 Å². The maximum atomic E-state index is 11.6. The second-order valence-corrected chi connectivity index (χ2v) is 5.96. The van der Waals surface area contributed by atoms with Crippen molar-refractivity contribution < 1.29 is 14.3 Å². The van der Waals surface area contributed by atoms with Gasteiger partial charge in [0.15, 0.2) is 0 Å². The zero-order valence-electron chi connectivity index (χ0n) is 13.0. The quantitative estimate of drug-likeness (QED) is 0.813. The number of hydrogen-bond donors (Lipinski definition) is 1. The number of carbonyl (C=O) groups excluding carboxylic acids is 1. The lowest BCUT2D eigenvalue weighted by Crippen LogP contribution is -2.31. The van der Waals surface area contributed by atoms with Crippen molar-refractivity contribution in [2.45, 2.75) is 52.9 Å². The molecule has 0 radical (unpaired) electrons. The van der Waals surface area contributed by atoms with E-state index >= 15 is 0 Å². The Hall–Kier alpha value is -1.55. The summed E-state index contributed by atoms with van der Waals surface area (Å²) >= 11 is 0. The van der Waals surface area contributed by atoms with Crippen molar-refractivity contribution in [1.82, 2.24) is 5.32 Å². The van der Waals surface area contributed by atoms with E-state index in [1.165, 1.54) is 0 Å². The van der Waals surface area contributed by atoms with Gasteiger partial charge in [-0.3, -0.25) is 4.79 Å². The summed E-state index contributed by atoms with van der Waals surface area (Å²) in [6.45, 7) is 10.3. The SMILES string of the molecule is CC(C)Oc1ccccc1CNCC(=O)OC(C)(C)C. The predicted octanol–water partition coefficient (Wildman–Crippen LogP) is 2.91. The summed E-state index contributed by atoms with van der Waals surface area (Å²) in [5.41, 5.74) is 0.585.